The van der Waals surface area contributed by atoms with Gasteiger partial charge in [-0.2, -0.15) is 4.98 Å². The molecule has 0 fully saturated rings. The van der Waals surface area contributed by atoms with E-state index in [1.807, 2.05) is 39.0 Å². The van der Waals surface area contributed by atoms with E-state index in [-0.39, 0.29) is 23.2 Å². The fraction of sp³-hybridized carbons (Fsp3) is 0.333. The number of benzene rings is 1. The van der Waals surface area contributed by atoms with Crippen LogP contribution in [0.3, 0.4) is 0 Å². The average molecular weight is 356 g/mol. The fourth-order valence-electron chi connectivity index (χ4n) is 2.52. The minimum Gasteiger partial charge on any atom is -0.365 e. The van der Waals surface area contributed by atoms with E-state index >= 15 is 0 Å². The van der Waals surface area contributed by atoms with Gasteiger partial charge in [0.1, 0.15) is 17.7 Å². The number of carbonyl (C=O) groups excluding carboxylic acids is 2. The van der Waals surface area contributed by atoms with Crippen LogP contribution in [0.25, 0.3) is 0 Å². The van der Waals surface area contributed by atoms with E-state index in [0.29, 0.717) is 6.54 Å². The Morgan fingerprint density at radius 3 is 2.46 bits per heavy atom. The van der Waals surface area contributed by atoms with Crippen molar-refractivity contribution in [2.75, 3.05) is 17.2 Å². The first-order chi connectivity index (χ1) is 12.3. The highest BCUT2D eigenvalue weighted by Gasteiger charge is 2.18. The monoisotopic (exact) mass is 356 g/mol. The highest BCUT2D eigenvalue weighted by atomic mass is 16.1. The van der Waals surface area contributed by atoms with Crippen LogP contribution in [-0.4, -0.2) is 34.7 Å². The smallest absolute Gasteiger partial charge is 0.254 e. The molecular formula is C18H24N6O2. The van der Waals surface area contributed by atoms with Gasteiger partial charge in [-0.1, -0.05) is 13.0 Å². The molecule has 8 nitrogen and oxygen atoms in total. The van der Waals surface area contributed by atoms with E-state index in [1.54, 1.807) is 0 Å². The largest absolute Gasteiger partial charge is 0.365 e. The second-order valence-corrected chi connectivity index (χ2v) is 6.34. The number of hydrogen-bond acceptors (Lipinski definition) is 7. The molecule has 0 aliphatic rings. The van der Waals surface area contributed by atoms with E-state index in [4.69, 9.17) is 11.5 Å². The van der Waals surface area contributed by atoms with Crippen LogP contribution in [0.5, 0.6) is 0 Å². The second-order valence-electron chi connectivity index (χ2n) is 6.34. The number of amides is 1. The highest BCUT2D eigenvalue weighted by molar-refractivity contribution is 5.98. The number of anilines is 3. The van der Waals surface area contributed by atoms with Crippen LogP contribution in [0, 0.1) is 19.8 Å². The van der Waals surface area contributed by atoms with Crippen molar-refractivity contribution in [2.45, 2.75) is 26.8 Å². The van der Waals surface area contributed by atoms with Crippen molar-refractivity contribution in [1.82, 2.24) is 9.97 Å². The van der Waals surface area contributed by atoms with Gasteiger partial charge in [0, 0.05) is 11.9 Å². The minimum absolute atomic E-state index is 0.0947. The topological polar surface area (TPSA) is 136 Å². The molecule has 1 heterocycles. The predicted octanol–water partition coefficient (Wildman–Crippen LogP) is 1.51. The fourth-order valence-corrected chi connectivity index (χ4v) is 2.52. The number of carbonyl (C=O) groups is 2. The third kappa shape index (κ3) is 4.76. The quantitative estimate of drug-likeness (QED) is 0.526. The summed E-state index contributed by atoms with van der Waals surface area (Å²) < 4.78 is 0. The predicted molar refractivity (Wildman–Crippen MR) is 101 cm³/mol. The number of aromatic nitrogens is 2. The van der Waals surface area contributed by atoms with Gasteiger partial charge in [-0.15, -0.1) is 0 Å². The number of aryl methyl sites for hydroxylation is 2. The zero-order valence-corrected chi connectivity index (χ0v) is 15.1. The minimum atomic E-state index is -0.648. The lowest BCUT2D eigenvalue weighted by atomic mass is 10.0. The zero-order chi connectivity index (χ0) is 19.3. The maximum absolute atomic E-state index is 11.7. The Morgan fingerprint density at radius 2 is 1.92 bits per heavy atom. The summed E-state index contributed by atoms with van der Waals surface area (Å²) >= 11 is 0. The van der Waals surface area contributed by atoms with Crippen molar-refractivity contribution < 1.29 is 9.59 Å². The summed E-state index contributed by atoms with van der Waals surface area (Å²) in [6, 6.07) is 5.36. The molecule has 6 N–H and O–H groups in total. The molecule has 2 atom stereocenters. The first-order valence-corrected chi connectivity index (χ1v) is 8.28. The summed E-state index contributed by atoms with van der Waals surface area (Å²) in [5, 5.41) is 6.04. The Labute approximate surface area is 152 Å². The number of aldehydes is 1. The van der Waals surface area contributed by atoms with Crippen LogP contribution in [-0.2, 0) is 4.79 Å². The summed E-state index contributed by atoms with van der Waals surface area (Å²) in [7, 11) is 0. The van der Waals surface area contributed by atoms with E-state index < -0.39 is 11.9 Å². The van der Waals surface area contributed by atoms with Gasteiger partial charge in [0.25, 0.3) is 5.91 Å². The summed E-state index contributed by atoms with van der Waals surface area (Å²) in [5.74, 6) is -0.266. The van der Waals surface area contributed by atoms with Crippen molar-refractivity contribution in [3.8, 4) is 0 Å². The summed E-state index contributed by atoms with van der Waals surface area (Å²) in [6.07, 6.45) is 2.09. The van der Waals surface area contributed by atoms with Crippen LogP contribution in [0.4, 0.5) is 17.5 Å². The number of nitrogens with one attached hydrogen (secondary N) is 2. The first-order valence-electron chi connectivity index (χ1n) is 8.28. The van der Waals surface area contributed by atoms with Crippen LogP contribution in [0.15, 0.2) is 24.4 Å². The molecule has 2 rings (SSSR count). The van der Waals surface area contributed by atoms with Gasteiger partial charge in [0.2, 0.25) is 5.95 Å². The normalized spacial score (nSPS) is 12.9. The zero-order valence-electron chi connectivity index (χ0n) is 15.1. The number of nitrogens with two attached hydrogens (primary N) is 2. The van der Waals surface area contributed by atoms with Gasteiger partial charge in [-0.05, 0) is 49.6 Å². The maximum atomic E-state index is 11.7. The average Bonchev–Trinajstić information content (AvgIpc) is 2.58. The van der Waals surface area contributed by atoms with Gasteiger partial charge in [0.05, 0.1) is 6.04 Å². The van der Waals surface area contributed by atoms with Crippen LogP contribution >= 0.6 is 0 Å². The van der Waals surface area contributed by atoms with Crippen molar-refractivity contribution in [1.29, 1.82) is 0 Å². The highest BCUT2D eigenvalue weighted by Crippen LogP contribution is 2.22. The number of rotatable bonds is 8. The lowest BCUT2D eigenvalue weighted by Crippen LogP contribution is -2.34. The van der Waals surface area contributed by atoms with Gasteiger partial charge >= 0.3 is 0 Å². The number of primary amides is 1. The van der Waals surface area contributed by atoms with E-state index in [0.717, 1.165) is 23.1 Å². The number of nitrogens with zero attached hydrogens (tertiary/aromatic N) is 2. The summed E-state index contributed by atoms with van der Waals surface area (Å²) in [6.45, 7) is 6.13. The Bertz CT molecular complexity index is 788. The Hall–Kier alpha value is -3.00. The molecular weight excluding hydrogens is 332 g/mol. The van der Waals surface area contributed by atoms with Crippen LogP contribution in [0.2, 0.25) is 0 Å². The van der Waals surface area contributed by atoms with Gasteiger partial charge in [-0.25, -0.2) is 4.98 Å². The Morgan fingerprint density at radius 1 is 1.27 bits per heavy atom. The van der Waals surface area contributed by atoms with E-state index in [1.165, 1.54) is 6.20 Å². The SMILES string of the molecule is Cc1cc(C)cc(Nc2nc(NC(C=O)C(C)CN)ncc2C(N)=O)c1. The Kier molecular flexibility index (Phi) is 6.24. The standard InChI is InChI=1S/C18H24N6O2/c1-10-4-11(2)6-13(5-10)22-17-14(16(20)26)8-21-18(24-17)23-15(9-25)12(3)7-19/h4-6,8-9,12,15H,7,19H2,1-3H3,(H2,20,26)(H2,21,22,23,24). The third-order valence-electron chi connectivity index (χ3n) is 3.97. The summed E-state index contributed by atoms with van der Waals surface area (Å²) in [5.41, 5.74) is 14.1. The lowest BCUT2D eigenvalue weighted by molar-refractivity contribution is -0.109. The molecule has 2 unspecified atom stereocenters. The first kappa shape index (κ1) is 19.3. The molecule has 0 saturated carbocycles. The van der Waals surface area contributed by atoms with Gasteiger partial charge in [0.15, 0.2) is 0 Å². The number of hydrogen-bond donors (Lipinski definition) is 4. The molecule has 138 valence electrons. The maximum Gasteiger partial charge on any atom is 0.254 e. The van der Waals surface area contributed by atoms with Crippen LogP contribution in [0.1, 0.15) is 28.4 Å². The van der Waals surface area contributed by atoms with Gasteiger partial charge in [-0.3, -0.25) is 4.79 Å². The molecule has 0 bridgehead atoms. The molecule has 26 heavy (non-hydrogen) atoms. The molecule has 0 saturated heterocycles. The molecule has 0 aliphatic carbocycles. The van der Waals surface area contributed by atoms with E-state index in [2.05, 4.69) is 20.6 Å². The molecule has 1 amide bonds. The van der Waals surface area contributed by atoms with Crippen molar-refractivity contribution >= 4 is 29.6 Å². The van der Waals surface area contributed by atoms with E-state index in [9.17, 15) is 9.59 Å². The van der Waals surface area contributed by atoms with Crippen molar-refractivity contribution in [3.63, 3.8) is 0 Å². The van der Waals surface area contributed by atoms with Gasteiger partial charge < -0.3 is 26.9 Å². The molecule has 1 aromatic carbocycles. The Balaban J connectivity index is 2.36. The van der Waals surface area contributed by atoms with Crippen LogP contribution < -0.4 is 22.1 Å². The third-order valence-corrected chi connectivity index (χ3v) is 3.97. The summed E-state index contributed by atoms with van der Waals surface area (Å²) in [4.78, 5) is 31.4. The molecule has 8 heteroatoms. The molecule has 1 aromatic heterocycles. The molecule has 2 aromatic rings. The molecule has 0 spiro atoms. The molecule has 0 aliphatic heterocycles. The van der Waals surface area contributed by atoms with Crippen molar-refractivity contribution in [3.05, 3.63) is 41.1 Å². The lowest BCUT2D eigenvalue weighted by Gasteiger charge is -2.19. The molecule has 0 radical (unpaired) electrons. The second kappa shape index (κ2) is 8.39. The van der Waals surface area contributed by atoms with Crippen molar-refractivity contribution in [2.24, 2.45) is 17.4 Å².